The molecule has 6 heteroatoms. The average molecular weight is 395 g/mol. The Bertz CT molecular complexity index is 987. The number of hydrogen-bond acceptors (Lipinski definition) is 3. The molecule has 142 valence electrons. The first-order valence-corrected chi connectivity index (χ1v) is 9.05. The van der Waals surface area contributed by atoms with Gasteiger partial charge in [0.05, 0.1) is 10.7 Å². The summed E-state index contributed by atoms with van der Waals surface area (Å²) in [5, 5.41) is 6.02. The van der Waals surface area contributed by atoms with Crippen molar-refractivity contribution in [3.8, 4) is 5.75 Å². The molecule has 0 fully saturated rings. The van der Waals surface area contributed by atoms with Crippen LogP contribution in [0.3, 0.4) is 0 Å². The molecule has 2 N–H and O–H groups in total. The first-order chi connectivity index (χ1) is 13.5. The molecule has 3 aromatic carbocycles. The monoisotopic (exact) mass is 394 g/mol. The molecule has 28 heavy (non-hydrogen) atoms. The molecular weight excluding hydrogens is 376 g/mol. The zero-order chi connectivity index (χ0) is 19.9. The number of anilines is 2. The lowest BCUT2D eigenvalue weighted by Crippen LogP contribution is -2.20. The van der Waals surface area contributed by atoms with E-state index >= 15 is 0 Å². The van der Waals surface area contributed by atoms with Gasteiger partial charge < -0.3 is 15.4 Å². The van der Waals surface area contributed by atoms with E-state index < -0.39 is 0 Å². The van der Waals surface area contributed by atoms with Gasteiger partial charge in [0, 0.05) is 11.3 Å². The zero-order valence-electron chi connectivity index (χ0n) is 15.2. The Morgan fingerprint density at radius 1 is 0.857 bits per heavy atom. The molecule has 0 aliphatic carbocycles. The number of carbonyl (C=O) groups excluding carboxylic acids is 2. The van der Waals surface area contributed by atoms with Crippen molar-refractivity contribution in [3.05, 3.63) is 88.9 Å². The van der Waals surface area contributed by atoms with E-state index in [1.807, 2.05) is 31.2 Å². The molecule has 0 saturated heterocycles. The van der Waals surface area contributed by atoms with E-state index in [4.69, 9.17) is 16.3 Å². The number of ether oxygens (including phenoxy) is 1. The maximum atomic E-state index is 12.3. The minimum Gasteiger partial charge on any atom is -0.484 e. The highest BCUT2D eigenvalue weighted by atomic mass is 35.5. The lowest BCUT2D eigenvalue weighted by atomic mass is 10.2. The molecule has 0 radical (unpaired) electrons. The molecule has 0 unspecified atom stereocenters. The van der Waals surface area contributed by atoms with Crippen LogP contribution >= 0.6 is 11.6 Å². The highest BCUT2D eigenvalue weighted by Crippen LogP contribution is 2.21. The van der Waals surface area contributed by atoms with E-state index in [0.717, 1.165) is 11.3 Å². The van der Waals surface area contributed by atoms with E-state index in [1.165, 1.54) is 0 Å². The van der Waals surface area contributed by atoms with E-state index in [0.29, 0.717) is 22.0 Å². The topological polar surface area (TPSA) is 67.4 Å². The van der Waals surface area contributed by atoms with Crippen LogP contribution in [0.5, 0.6) is 5.75 Å². The van der Waals surface area contributed by atoms with Crippen LogP contribution in [0.25, 0.3) is 0 Å². The van der Waals surface area contributed by atoms with Crippen LogP contribution in [0, 0.1) is 6.92 Å². The number of nitrogens with one attached hydrogen (secondary N) is 2. The quantitative estimate of drug-likeness (QED) is 0.623. The van der Waals surface area contributed by atoms with Crippen LogP contribution in [0.4, 0.5) is 11.4 Å². The van der Waals surface area contributed by atoms with Crippen LogP contribution in [-0.2, 0) is 4.79 Å². The van der Waals surface area contributed by atoms with E-state index in [2.05, 4.69) is 10.6 Å². The first kappa shape index (κ1) is 19.5. The molecule has 3 aromatic rings. The predicted molar refractivity (Wildman–Crippen MR) is 111 cm³/mol. The first-order valence-electron chi connectivity index (χ1n) is 8.67. The lowest BCUT2D eigenvalue weighted by Gasteiger charge is -2.10. The van der Waals surface area contributed by atoms with Gasteiger partial charge in [-0.1, -0.05) is 41.9 Å². The summed E-state index contributed by atoms with van der Waals surface area (Å²) in [4.78, 5) is 24.3. The number of carbonyl (C=O) groups is 2. The fourth-order valence-corrected chi connectivity index (χ4v) is 2.69. The Morgan fingerprint density at radius 3 is 2.18 bits per heavy atom. The van der Waals surface area contributed by atoms with Gasteiger partial charge in [-0.2, -0.15) is 0 Å². The van der Waals surface area contributed by atoms with Crippen molar-refractivity contribution in [3.63, 3.8) is 0 Å². The van der Waals surface area contributed by atoms with E-state index in [9.17, 15) is 9.59 Å². The Kier molecular flexibility index (Phi) is 6.29. The van der Waals surface area contributed by atoms with Gasteiger partial charge in [-0.25, -0.2) is 0 Å². The van der Waals surface area contributed by atoms with Gasteiger partial charge in [0.2, 0.25) is 0 Å². The Balaban J connectivity index is 1.54. The maximum absolute atomic E-state index is 12.3. The molecule has 0 bridgehead atoms. The predicted octanol–water partition coefficient (Wildman–Crippen LogP) is 4.92. The standard InChI is InChI=1S/C22H19ClN2O3/c1-15-6-2-4-8-19(15)24-21(26)14-28-17-12-10-16(11-13-17)22(27)25-20-9-5-3-7-18(20)23/h2-13H,14H2,1H3,(H,24,26)(H,25,27). The molecule has 2 amide bonds. The van der Waals surface area contributed by atoms with Crippen LogP contribution in [0.1, 0.15) is 15.9 Å². The van der Waals surface area contributed by atoms with Gasteiger partial charge in [-0.05, 0) is 55.0 Å². The molecule has 0 atom stereocenters. The van der Waals surface area contributed by atoms with Crippen molar-refractivity contribution in [2.75, 3.05) is 17.2 Å². The highest BCUT2D eigenvalue weighted by molar-refractivity contribution is 6.33. The molecule has 0 heterocycles. The van der Waals surface area contributed by atoms with Crippen molar-refractivity contribution < 1.29 is 14.3 Å². The number of halogens is 1. The van der Waals surface area contributed by atoms with Crippen molar-refractivity contribution in [1.29, 1.82) is 0 Å². The Morgan fingerprint density at radius 2 is 1.50 bits per heavy atom. The summed E-state index contributed by atoms with van der Waals surface area (Å²) < 4.78 is 5.49. The maximum Gasteiger partial charge on any atom is 0.262 e. The number of benzene rings is 3. The summed E-state index contributed by atoms with van der Waals surface area (Å²) in [6.07, 6.45) is 0. The zero-order valence-corrected chi connectivity index (χ0v) is 16.0. The summed E-state index contributed by atoms with van der Waals surface area (Å²) in [7, 11) is 0. The number of rotatable bonds is 6. The second-order valence-corrected chi connectivity index (χ2v) is 6.52. The molecule has 0 aliphatic rings. The number of aryl methyl sites for hydroxylation is 1. The third-order valence-corrected chi connectivity index (χ3v) is 4.36. The third kappa shape index (κ3) is 5.11. The van der Waals surface area contributed by atoms with Gasteiger partial charge >= 0.3 is 0 Å². The summed E-state index contributed by atoms with van der Waals surface area (Å²) in [5.41, 5.74) is 2.73. The Hall–Kier alpha value is -3.31. The normalized spacial score (nSPS) is 10.2. The number of para-hydroxylation sites is 2. The van der Waals surface area contributed by atoms with Gasteiger partial charge in [0.1, 0.15) is 5.75 Å². The molecule has 0 aromatic heterocycles. The fourth-order valence-electron chi connectivity index (χ4n) is 2.51. The minimum atomic E-state index is -0.281. The van der Waals surface area contributed by atoms with Gasteiger partial charge in [0.25, 0.3) is 11.8 Å². The summed E-state index contributed by atoms with van der Waals surface area (Å²) in [6, 6.07) is 21.1. The second-order valence-electron chi connectivity index (χ2n) is 6.11. The largest absolute Gasteiger partial charge is 0.484 e. The molecule has 0 saturated carbocycles. The SMILES string of the molecule is Cc1ccccc1NC(=O)COc1ccc(C(=O)Nc2ccccc2Cl)cc1. The highest BCUT2D eigenvalue weighted by Gasteiger charge is 2.09. The van der Waals surface area contributed by atoms with Gasteiger partial charge in [-0.15, -0.1) is 0 Å². The van der Waals surface area contributed by atoms with Crippen LogP contribution in [-0.4, -0.2) is 18.4 Å². The third-order valence-electron chi connectivity index (χ3n) is 4.03. The van der Waals surface area contributed by atoms with E-state index in [1.54, 1.807) is 48.5 Å². The minimum absolute atomic E-state index is 0.125. The molecule has 5 nitrogen and oxygen atoms in total. The molecule has 0 aliphatic heterocycles. The van der Waals surface area contributed by atoms with Crippen molar-refractivity contribution in [2.45, 2.75) is 6.92 Å². The van der Waals surface area contributed by atoms with Gasteiger partial charge in [0.15, 0.2) is 6.61 Å². The molecular formula is C22H19ClN2O3. The van der Waals surface area contributed by atoms with Crippen LogP contribution < -0.4 is 15.4 Å². The van der Waals surface area contributed by atoms with Gasteiger partial charge in [-0.3, -0.25) is 9.59 Å². The smallest absolute Gasteiger partial charge is 0.262 e. The van der Waals surface area contributed by atoms with Crippen LogP contribution in [0.2, 0.25) is 5.02 Å². The second kappa shape index (κ2) is 9.06. The molecule has 3 rings (SSSR count). The molecule has 0 spiro atoms. The van der Waals surface area contributed by atoms with Crippen molar-refractivity contribution in [2.24, 2.45) is 0 Å². The number of amides is 2. The summed E-state index contributed by atoms with van der Waals surface area (Å²) >= 11 is 6.05. The van der Waals surface area contributed by atoms with Crippen molar-refractivity contribution in [1.82, 2.24) is 0 Å². The average Bonchev–Trinajstić information content (AvgIpc) is 2.70. The lowest BCUT2D eigenvalue weighted by molar-refractivity contribution is -0.118. The number of hydrogen-bond donors (Lipinski definition) is 2. The Labute approximate surface area is 168 Å². The van der Waals surface area contributed by atoms with Crippen molar-refractivity contribution >= 4 is 34.8 Å². The van der Waals surface area contributed by atoms with E-state index in [-0.39, 0.29) is 18.4 Å². The summed E-state index contributed by atoms with van der Waals surface area (Å²) in [6.45, 7) is 1.79. The fraction of sp³-hybridized carbons (Fsp3) is 0.0909. The summed E-state index contributed by atoms with van der Waals surface area (Å²) in [5.74, 6) is -0.0407. The van der Waals surface area contributed by atoms with Crippen LogP contribution in [0.15, 0.2) is 72.8 Å².